The van der Waals surface area contributed by atoms with Gasteiger partial charge < -0.3 is 10.4 Å². The summed E-state index contributed by atoms with van der Waals surface area (Å²) in [6, 6.07) is 7.81. The van der Waals surface area contributed by atoms with Crippen molar-refractivity contribution in [2.45, 2.75) is 62.8 Å². The van der Waals surface area contributed by atoms with Crippen molar-refractivity contribution in [1.29, 1.82) is 0 Å². The van der Waals surface area contributed by atoms with Gasteiger partial charge in [-0.1, -0.05) is 31.5 Å². The molecule has 0 saturated heterocycles. The molecule has 136 valence electrons. The lowest BCUT2D eigenvalue weighted by molar-refractivity contribution is 0.143. The smallest absolute Gasteiger partial charge is 0.242 e. The van der Waals surface area contributed by atoms with Gasteiger partial charge in [0, 0.05) is 24.4 Å². The van der Waals surface area contributed by atoms with Gasteiger partial charge in [0.25, 0.3) is 0 Å². The van der Waals surface area contributed by atoms with Gasteiger partial charge in [-0.15, -0.1) is 0 Å². The second kappa shape index (κ2) is 6.41. The van der Waals surface area contributed by atoms with Crippen LogP contribution in [0.4, 0.5) is 0 Å². The molecule has 0 bridgehead atoms. The quantitative estimate of drug-likeness (QED) is 0.829. The Kier molecular flexibility index (Phi) is 4.38. The summed E-state index contributed by atoms with van der Waals surface area (Å²) >= 11 is 0. The number of aliphatic hydroxyl groups excluding tert-OH is 1. The van der Waals surface area contributed by atoms with Crippen LogP contribution in [-0.2, 0) is 16.6 Å². The number of benzene rings is 1. The Balaban J connectivity index is 1.86. The minimum Gasteiger partial charge on any atom is -0.393 e. The van der Waals surface area contributed by atoms with Crippen LogP contribution in [0.25, 0.3) is 10.9 Å². The number of fused-ring (bicyclic) bond motifs is 3. The first-order valence-electron chi connectivity index (χ1n) is 9.29. The van der Waals surface area contributed by atoms with Gasteiger partial charge in [-0.3, -0.25) is 0 Å². The van der Waals surface area contributed by atoms with Crippen LogP contribution >= 0.6 is 0 Å². The highest BCUT2D eigenvalue weighted by atomic mass is 32.2. The van der Waals surface area contributed by atoms with Crippen LogP contribution in [0, 0.1) is 0 Å². The number of para-hydroxylation sites is 1. The highest BCUT2D eigenvalue weighted by Gasteiger charge is 2.41. The molecule has 0 radical (unpaired) electrons. The average molecular weight is 362 g/mol. The monoisotopic (exact) mass is 362 g/mol. The maximum Gasteiger partial charge on any atom is 0.242 e. The van der Waals surface area contributed by atoms with E-state index in [0.717, 1.165) is 54.4 Å². The lowest BCUT2D eigenvalue weighted by Crippen LogP contribution is -2.32. The Hall–Kier alpha value is -1.37. The van der Waals surface area contributed by atoms with Crippen molar-refractivity contribution in [1.82, 2.24) is 9.29 Å². The molecule has 1 aliphatic carbocycles. The fraction of sp³-hybridized carbons (Fsp3) is 0.579. The second-order valence-electron chi connectivity index (χ2n) is 7.39. The minimum absolute atomic E-state index is 0.144. The third-order valence-electron chi connectivity index (χ3n) is 5.44. The molecule has 2 heterocycles. The molecule has 2 aromatic rings. The molecular weight excluding hydrogens is 336 g/mol. The molecule has 2 aliphatic rings. The van der Waals surface area contributed by atoms with E-state index in [0.29, 0.717) is 13.0 Å². The van der Waals surface area contributed by atoms with Crippen LogP contribution in [-0.4, -0.2) is 35.4 Å². The predicted molar refractivity (Wildman–Crippen MR) is 99.3 cm³/mol. The first-order chi connectivity index (χ1) is 12.0. The topological polar surface area (TPSA) is 71.3 Å². The zero-order valence-electron chi connectivity index (χ0n) is 14.6. The fourth-order valence-electron chi connectivity index (χ4n) is 4.16. The second-order valence-corrected chi connectivity index (χ2v) is 9.45. The lowest BCUT2D eigenvalue weighted by atomic mass is 9.87. The Labute approximate surface area is 149 Å². The van der Waals surface area contributed by atoms with Crippen molar-refractivity contribution in [3.63, 3.8) is 0 Å². The van der Waals surface area contributed by atoms with Crippen molar-refractivity contribution in [2.75, 3.05) is 6.54 Å². The molecule has 4 rings (SSSR count). The first kappa shape index (κ1) is 17.1. The van der Waals surface area contributed by atoms with E-state index in [1.54, 1.807) is 3.97 Å². The van der Waals surface area contributed by atoms with Gasteiger partial charge in [0.2, 0.25) is 10.0 Å². The summed E-state index contributed by atoms with van der Waals surface area (Å²) in [5, 5.41) is 14.5. The molecule has 2 N–H and O–H groups in total. The lowest BCUT2D eigenvalue weighted by Gasteiger charge is -2.27. The number of nitrogens with one attached hydrogen (secondary N) is 1. The number of aliphatic hydroxyl groups is 1. The molecule has 5 nitrogen and oxygen atoms in total. The number of rotatable bonds is 6. The summed E-state index contributed by atoms with van der Waals surface area (Å²) in [5.74, 6) is 0.144. The highest BCUT2D eigenvalue weighted by molar-refractivity contribution is 7.91. The Morgan fingerprint density at radius 3 is 2.80 bits per heavy atom. The molecule has 0 spiro atoms. The van der Waals surface area contributed by atoms with Gasteiger partial charge >= 0.3 is 0 Å². The van der Waals surface area contributed by atoms with E-state index in [1.165, 1.54) is 0 Å². The number of hydrogen-bond donors (Lipinski definition) is 2. The molecule has 1 aliphatic heterocycles. The average Bonchev–Trinajstić information content (AvgIpc) is 3.37. The van der Waals surface area contributed by atoms with E-state index in [2.05, 4.69) is 12.2 Å². The van der Waals surface area contributed by atoms with Gasteiger partial charge in [-0.25, -0.2) is 12.4 Å². The van der Waals surface area contributed by atoms with Crippen LogP contribution in [0.2, 0.25) is 0 Å². The first-order valence-corrected chi connectivity index (χ1v) is 10.8. The van der Waals surface area contributed by atoms with E-state index < -0.39 is 10.0 Å². The number of nitrogens with zero attached hydrogens (tertiary/aromatic N) is 1. The minimum atomic E-state index is -3.34. The van der Waals surface area contributed by atoms with Gasteiger partial charge in [0.05, 0.1) is 22.6 Å². The zero-order valence-corrected chi connectivity index (χ0v) is 15.4. The van der Waals surface area contributed by atoms with Crippen LogP contribution in [0.15, 0.2) is 24.3 Å². The number of aromatic nitrogens is 1. The van der Waals surface area contributed by atoms with E-state index >= 15 is 0 Å². The SMILES string of the molecule is CCCC(O)CC1CNCc2c1c1ccccc1n2S(=O)(=O)C1CC1. The summed E-state index contributed by atoms with van der Waals surface area (Å²) in [6.45, 7) is 3.42. The summed E-state index contributed by atoms with van der Waals surface area (Å²) in [4.78, 5) is 0. The Bertz CT molecular complexity index is 883. The van der Waals surface area contributed by atoms with Gasteiger partial charge in [0.1, 0.15) is 0 Å². The third-order valence-corrected chi connectivity index (χ3v) is 7.68. The molecule has 0 amide bonds. The van der Waals surface area contributed by atoms with E-state index in [-0.39, 0.29) is 17.3 Å². The van der Waals surface area contributed by atoms with Crippen molar-refractivity contribution >= 4 is 20.9 Å². The van der Waals surface area contributed by atoms with Gasteiger partial charge in [-0.2, -0.15) is 0 Å². The van der Waals surface area contributed by atoms with E-state index in [9.17, 15) is 13.5 Å². The molecule has 1 fully saturated rings. The maximum absolute atomic E-state index is 13.1. The van der Waals surface area contributed by atoms with Crippen molar-refractivity contribution in [3.8, 4) is 0 Å². The molecule has 1 aromatic carbocycles. The fourth-order valence-corrected chi connectivity index (χ4v) is 6.10. The Morgan fingerprint density at radius 1 is 1.32 bits per heavy atom. The molecule has 1 aromatic heterocycles. The van der Waals surface area contributed by atoms with Crippen molar-refractivity contribution < 1.29 is 13.5 Å². The molecular formula is C19H26N2O3S. The number of hydrogen-bond acceptors (Lipinski definition) is 4. The normalized spacial score (nSPS) is 22.1. The summed E-state index contributed by atoms with van der Waals surface area (Å²) in [6.07, 6.45) is 3.58. The highest BCUT2D eigenvalue weighted by Crippen LogP contribution is 2.40. The molecule has 25 heavy (non-hydrogen) atoms. The summed E-state index contributed by atoms with van der Waals surface area (Å²) in [7, 11) is -3.34. The van der Waals surface area contributed by atoms with Crippen LogP contribution in [0.5, 0.6) is 0 Å². The third kappa shape index (κ3) is 2.90. The van der Waals surface area contributed by atoms with Crippen LogP contribution in [0.1, 0.15) is 56.2 Å². The maximum atomic E-state index is 13.1. The van der Waals surface area contributed by atoms with Gasteiger partial charge in [0.15, 0.2) is 0 Å². The standard InChI is InChI=1S/C19H26N2O3S/c1-2-5-14(22)10-13-11-20-12-18-19(13)16-6-3-4-7-17(16)21(18)25(23,24)15-8-9-15/h3-4,6-7,13-15,20,22H,2,5,8-12H2,1H3. The molecule has 6 heteroatoms. The molecule has 2 unspecified atom stereocenters. The largest absolute Gasteiger partial charge is 0.393 e. The summed E-state index contributed by atoms with van der Waals surface area (Å²) in [5.41, 5.74) is 2.78. The predicted octanol–water partition coefficient (Wildman–Crippen LogP) is 2.72. The zero-order chi connectivity index (χ0) is 17.6. The van der Waals surface area contributed by atoms with Crippen molar-refractivity contribution in [2.24, 2.45) is 0 Å². The van der Waals surface area contributed by atoms with Crippen LogP contribution in [0.3, 0.4) is 0 Å². The van der Waals surface area contributed by atoms with Crippen molar-refractivity contribution in [3.05, 3.63) is 35.5 Å². The molecule has 2 atom stereocenters. The Morgan fingerprint density at radius 2 is 2.08 bits per heavy atom. The summed E-state index contributed by atoms with van der Waals surface area (Å²) < 4.78 is 27.7. The van der Waals surface area contributed by atoms with Gasteiger partial charge in [-0.05, 0) is 37.3 Å². The van der Waals surface area contributed by atoms with E-state index in [4.69, 9.17) is 0 Å². The van der Waals surface area contributed by atoms with E-state index in [1.807, 2.05) is 24.3 Å². The van der Waals surface area contributed by atoms with Crippen LogP contribution < -0.4 is 5.32 Å². The molecule has 1 saturated carbocycles.